The lowest BCUT2D eigenvalue weighted by Crippen LogP contribution is -1.84. The SMILES string of the molecule is Clc1nc2ccccc2cc1C=C(Br)Br. The third-order valence-corrected chi connectivity index (χ3v) is 2.73. The minimum absolute atomic E-state index is 0.505. The van der Waals surface area contributed by atoms with Crippen molar-refractivity contribution in [2.45, 2.75) is 0 Å². The van der Waals surface area contributed by atoms with Gasteiger partial charge in [0.1, 0.15) is 5.15 Å². The minimum atomic E-state index is 0.505. The molecule has 2 aromatic rings. The van der Waals surface area contributed by atoms with Gasteiger partial charge in [0.05, 0.1) is 8.91 Å². The fourth-order valence-electron chi connectivity index (χ4n) is 1.33. The van der Waals surface area contributed by atoms with Gasteiger partial charge in [-0.05, 0) is 50.1 Å². The summed E-state index contributed by atoms with van der Waals surface area (Å²) in [5, 5.41) is 1.58. The van der Waals surface area contributed by atoms with E-state index in [1.54, 1.807) is 0 Å². The number of para-hydroxylation sites is 1. The van der Waals surface area contributed by atoms with Crippen LogP contribution in [0.5, 0.6) is 0 Å². The van der Waals surface area contributed by atoms with Gasteiger partial charge in [0, 0.05) is 10.9 Å². The van der Waals surface area contributed by atoms with Crippen LogP contribution >= 0.6 is 43.5 Å². The number of benzene rings is 1. The smallest absolute Gasteiger partial charge is 0.137 e. The third kappa shape index (κ3) is 2.60. The molecule has 0 radical (unpaired) electrons. The highest BCUT2D eigenvalue weighted by molar-refractivity contribution is 9.28. The van der Waals surface area contributed by atoms with Crippen LogP contribution in [-0.4, -0.2) is 4.98 Å². The zero-order chi connectivity index (χ0) is 10.8. The lowest BCUT2D eigenvalue weighted by molar-refractivity contribution is 1.40. The summed E-state index contributed by atoms with van der Waals surface area (Å²) in [6.45, 7) is 0. The Kier molecular flexibility index (Phi) is 3.44. The molecule has 1 aromatic heterocycles. The highest BCUT2D eigenvalue weighted by Crippen LogP contribution is 2.25. The van der Waals surface area contributed by atoms with Crippen molar-refractivity contribution in [3.05, 3.63) is 44.4 Å². The second kappa shape index (κ2) is 4.64. The molecule has 0 aliphatic rings. The van der Waals surface area contributed by atoms with Gasteiger partial charge in [-0.15, -0.1) is 0 Å². The Morgan fingerprint density at radius 3 is 2.73 bits per heavy atom. The van der Waals surface area contributed by atoms with Crippen molar-refractivity contribution in [2.24, 2.45) is 0 Å². The first-order valence-corrected chi connectivity index (χ1v) is 6.21. The molecule has 0 unspecified atom stereocenters. The predicted molar refractivity (Wildman–Crippen MR) is 72.6 cm³/mol. The molecular weight excluding hydrogens is 341 g/mol. The normalized spacial score (nSPS) is 10.3. The highest BCUT2D eigenvalue weighted by atomic mass is 79.9. The van der Waals surface area contributed by atoms with Gasteiger partial charge in [0.15, 0.2) is 0 Å². The van der Waals surface area contributed by atoms with Gasteiger partial charge in [0.2, 0.25) is 0 Å². The van der Waals surface area contributed by atoms with E-state index in [-0.39, 0.29) is 0 Å². The van der Waals surface area contributed by atoms with Crippen LogP contribution in [0.25, 0.3) is 17.0 Å². The van der Waals surface area contributed by atoms with Gasteiger partial charge in [-0.25, -0.2) is 4.98 Å². The number of hydrogen-bond acceptors (Lipinski definition) is 1. The molecule has 15 heavy (non-hydrogen) atoms. The first-order chi connectivity index (χ1) is 7.16. The fourth-order valence-corrected chi connectivity index (χ4v) is 2.02. The van der Waals surface area contributed by atoms with Crippen molar-refractivity contribution in [3.8, 4) is 0 Å². The van der Waals surface area contributed by atoms with Gasteiger partial charge in [-0.3, -0.25) is 0 Å². The molecule has 1 nitrogen and oxygen atoms in total. The molecule has 0 amide bonds. The van der Waals surface area contributed by atoms with Gasteiger partial charge in [-0.1, -0.05) is 29.8 Å². The Hall–Kier alpha value is -0.380. The minimum Gasteiger partial charge on any atom is -0.235 e. The first-order valence-electron chi connectivity index (χ1n) is 4.25. The summed E-state index contributed by atoms with van der Waals surface area (Å²) in [4.78, 5) is 4.31. The number of halogens is 3. The van der Waals surface area contributed by atoms with Crippen LogP contribution in [0.2, 0.25) is 5.15 Å². The van der Waals surface area contributed by atoms with E-state index in [0.717, 1.165) is 19.9 Å². The quantitative estimate of drug-likeness (QED) is 0.663. The van der Waals surface area contributed by atoms with Crippen LogP contribution in [0.3, 0.4) is 0 Å². The highest BCUT2D eigenvalue weighted by Gasteiger charge is 2.02. The molecule has 76 valence electrons. The van der Waals surface area contributed by atoms with Crippen LogP contribution in [0.15, 0.2) is 33.7 Å². The van der Waals surface area contributed by atoms with Crippen LogP contribution in [0.4, 0.5) is 0 Å². The largest absolute Gasteiger partial charge is 0.235 e. The van der Waals surface area contributed by atoms with Crippen LogP contribution in [-0.2, 0) is 0 Å². The molecule has 1 heterocycles. The van der Waals surface area contributed by atoms with Crippen molar-refractivity contribution in [3.63, 3.8) is 0 Å². The number of pyridine rings is 1. The zero-order valence-corrected chi connectivity index (χ0v) is 11.5. The number of fused-ring (bicyclic) bond motifs is 1. The summed E-state index contributed by atoms with van der Waals surface area (Å²) < 4.78 is 0.842. The van der Waals surface area contributed by atoms with E-state index in [1.807, 2.05) is 36.4 Å². The Morgan fingerprint density at radius 2 is 2.00 bits per heavy atom. The number of aromatic nitrogens is 1. The molecule has 0 aliphatic carbocycles. The third-order valence-electron chi connectivity index (χ3n) is 1.97. The Balaban J connectivity index is 2.67. The molecule has 0 saturated heterocycles. The Labute approximate surface area is 109 Å². The molecule has 0 atom stereocenters. The van der Waals surface area contributed by atoms with Gasteiger partial charge >= 0.3 is 0 Å². The van der Waals surface area contributed by atoms with E-state index in [1.165, 1.54) is 0 Å². The van der Waals surface area contributed by atoms with Gasteiger partial charge in [-0.2, -0.15) is 0 Å². The summed E-state index contributed by atoms with van der Waals surface area (Å²) >= 11 is 12.7. The zero-order valence-electron chi connectivity index (χ0n) is 7.55. The van der Waals surface area contributed by atoms with Crippen molar-refractivity contribution in [1.82, 2.24) is 4.98 Å². The monoisotopic (exact) mass is 345 g/mol. The molecule has 0 spiro atoms. The van der Waals surface area contributed by atoms with Crippen LogP contribution in [0, 0.1) is 0 Å². The Bertz CT molecular complexity index is 533. The molecule has 2 rings (SSSR count). The van der Waals surface area contributed by atoms with Crippen molar-refractivity contribution in [2.75, 3.05) is 0 Å². The Morgan fingerprint density at radius 1 is 1.27 bits per heavy atom. The molecule has 1 aromatic carbocycles. The molecule has 0 fully saturated rings. The van der Waals surface area contributed by atoms with E-state index in [2.05, 4.69) is 36.8 Å². The molecular formula is C11H6Br2ClN. The molecule has 0 saturated carbocycles. The second-order valence-corrected chi connectivity index (χ2v) is 6.13. The van der Waals surface area contributed by atoms with Gasteiger partial charge in [0.25, 0.3) is 0 Å². The van der Waals surface area contributed by atoms with E-state index in [9.17, 15) is 0 Å². The summed E-state index contributed by atoms with van der Waals surface area (Å²) in [6, 6.07) is 9.89. The number of rotatable bonds is 1. The summed E-state index contributed by atoms with van der Waals surface area (Å²) in [7, 11) is 0. The number of hydrogen-bond donors (Lipinski definition) is 0. The maximum Gasteiger partial charge on any atom is 0.137 e. The maximum atomic E-state index is 6.05. The summed E-state index contributed by atoms with van der Waals surface area (Å²) in [6.07, 6.45) is 1.88. The van der Waals surface area contributed by atoms with Crippen LogP contribution in [0.1, 0.15) is 5.56 Å². The second-order valence-electron chi connectivity index (χ2n) is 3.00. The van der Waals surface area contributed by atoms with E-state index in [0.29, 0.717) is 5.15 Å². The van der Waals surface area contributed by atoms with E-state index in [4.69, 9.17) is 11.6 Å². The van der Waals surface area contributed by atoms with Crippen LogP contribution < -0.4 is 0 Å². The van der Waals surface area contributed by atoms with Crippen molar-refractivity contribution in [1.29, 1.82) is 0 Å². The van der Waals surface area contributed by atoms with Crippen molar-refractivity contribution < 1.29 is 0 Å². The average molecular weight is 347 g/mol. The van der Waals surface area contributed by atoms with E-state index >= 15 is 0 Å². The van der Waals surface area contributed by atoms with Crippen molar-refractivity contribution >= 4 is 60.4 Å². The number of nitrogens with zero attached hydrogens (tertiary/aromatic N) is 1. The average Bonchev–Trinajstić information content (AvgIpc) is 2.18. The predicted octanol–water partition coefficient (Wildman–Crippen LogP) is 4.98. The summed E-state index contributed by atoms with van der Waals surface area (Å²) in [5.74, 6) is 0. The standard InChI is InChI=1S/C11H6Br2ClN/c12-10(13)6-8-5-7-3-1-2-4-9(7)15-11(8)14/h1-6H. The lowest BCUT2D eigenvalue weighted by Gasteiger charge is -2.01. The molecule has 0 bridgehead atoms. The maximum absolute atomic E-state index is 6.05. The summed E-state index contributed by atoms with van der Waals surface area (Å²) in [5.41, 5.74) is 1.80. The fraction of sp³-hybridized carbons (Fsp3) is 0. The topological polar surface area (TPSA) is 12.9 Å². The molecule has 0 aliphatic heterocycles. The first kappa shape index (κ1) is 11.1. The molecule has 0 N–H and O–H groups in total. The molecule has 4 heteroatoms. The van der Waals surface area contributed by atoms with Gasteiger partial charge < -0.3 is 0 Å². The lowest BCUT2D eigenvalue weighted by atomic mass is 10.1. The van der Waals surface area contributed by atoms with E-state index < -0.39 is 0 Å².